The summed E-state index contributed by atoms with van der Waals surface area (Å²) >= 11 is 3.23. The average molecular weight is 272 g/mol. The number of nitrogens with two attached hydrogens (primary N) is 1. The maximum atomic E-state index is 13.7. The Kier molecular flexibility index (Phi) is 4.05. The van der Waals surface area contributed by atoms with Crippen LogP contribution in [-0.2, 0) is 5.41 Å². The highest BCUT2D eigenvalue weighted by molar-refractivity contribution is 9.10. The van der Waals surface area contributed by atoms with Gasteiger partial charge in [-0.15, -0.1) is 6.58 Å². The molecule has 0 amide bonds. The van der Waals surface area contributed by atoms with E-state index in [2.05, 4.69) is 22.5 Å². The van der Waals surface area contributed by atoms with Crippen LogP contribution >= 0.6 is 15.9 Å². The first-order valence-electron chi connectivity index (χ1n) is 4.80. The lowest BCUT2D eigenvalue weighted by Crippen LogP contribution is -2.32. The quantitative estimate of drug-likeness (QED) is 0.835. The van der Waals surface area contributed by atoms with Crippen LogP contribution in [0.5, 0.6) is 0 Å². The van der Waals surface area contributed by atoms with Gasteiger partial charge in [0.05, 0.1) is 0 Å². The van der Waals surface area contributed by atoms with Crippen LogP contribution in [0.3, 0.4) is 0 Å². The van der Waals surface area contributed by atoms with E-state index < -0.39 is 0 Å². The monoisotopic (exact) mass is 271 g/mol. The SMILES string of the molecule is C=CCC(C)(CN)c1ccc(Br)cc1F. The summed E-state index contributed by atoms with van der Waals surface area (Å²) in [6, 6.07) is 5.07. The lowest BCUT2D eigenvalue weighted by atomic mass is 9.79. The maximum absolute atomic E-state index is 13.7. The summed E-state index contributed by atoms with van der Waals surface area (Å²) in [5.41, 5.74) is 5.98. The van der Waals surface area contributed by atoms with Crippen molar-refractivity contribution in [2.24, 2.45) is 5.73 Å². The third-order valence-electron chi connectivity index (χ3n) is 2.63. The lowest BCUT2D eigenvalue weighted by molar-refractivity contribution is 0.458. The van der Waals surface area contributed by atoms with E-state index >= 15 is 0 Å². The fourth-order valence-corrected chi connectivity index (χ4v) is 1.93. The van der Waals surface area contributed by atoms with Gasteiger partial charge in [0.15, 0.2) is 0 Å². The van der Waals surface area contributed by atoms with E-state index in [1.165, 1.54) is 6.07 Å². The zero-order valence-electron chi connectivity index (χ0n) is 8.76. The Labute approximate surface area is 98.3 Å². The maximum Gasteiger partial charge on any atom is 0.128 e. The van der Waals surface area contributed by atoms with Gasteiger partial charge in [0.25, 0.3) is 0 Å². The molecule has 1 rings (SSSR count). The smallest absolute Gasteiger partial charge is 0.128 e. The highest BCUT2D eigenvalue weighted by atomic mass is 79.9. The molecule has 1 unspecified atom stereocenters. The fraction of sp³-hybridized carbons (Fsp3) is 0.333. The van der Waals surface area contributed by atoms with Crippen LogP contribution in [0.15, 0.2) is 35.3 Å². The normalized spacial score (nSPS) is 14.7. The Bertz CT molecular complexity index is 365. The summed E-state index contributed by atoms with van der Waals surface area (Å²) in [4.78, 5) is 0. The summed E-state index contributed by atoms with van der Waals surface area (Å²) < 4.78 is 14.5. The molecule has 15 heavy (non-hydrogen) atoms. The number of rotatable bonds is 4. The molecule has 1 aromatic rings. The van der Waals surface area contributed by atoms with Crippen molar-refractivity contribution in [1.82, 2.24) is 0 Å². The van der Waals surface area contributed by atoms with E-state index in [-0.39, 0.29) is 11.2 Å². The molecule has 0 aromatic heterocycles. The van der Waals surface area contributed by atoms with Crippen molar-refractivity contribution in [1.29, 1.82) is 0 Å². The van der Waals surface area contributed by atoms with E-state index in [9.17, 15) is 4.39 Å². The number of benzene rings is 1. The van der Waals surface area contributed by atoms with Crippen LogP contribution in [0.4, 0.5) is 4.39 Å². The van der Waals surface area contributed by atoms with Gasteiger partial charge in [-0.3, -0.25) is 0 Å². The van der Waals surface area contributed by atoms with Gasteiger partial charge in [0, 0.05) is 16.4 Å². The Morgan fingerprint density at radius 3 is 2.73 bits per heavy atom. The Morgan fingerprint density at radius 2 is 2.27 bits per heavy atom. The minimum Gasteiger partial charge on any atom is -0.330 e. The molecule has 0 heterocycles. The van der Waals surface area contributed by atoms with Gasteiger partial charge in [-0.25, -0.2) is 4.39 Å². The van der Waals surface area contributed by atoms with E-state index in [1.54, 1.807) is 12.1 Å². The second-order valence-corrected chi connectivity index (χ2v) is 4.80. The number of hydrogen-bond acceptors (Lipinski definition) is 1. The highest BCUT2D eigenvalue weighted by Gasteiger charge is 2.26. The van der Waals surface area contributed by atoms with Crippen molar-refractivity contribution in [3.8, 4) is 0 Å². The molecule has 0 aliphatic carbocycles. The van der Waals surface area contributed by atoms with Crippen molar-refractivity contribution >= 4 is 15.9 Å². The molecule has 0 aliphatic heterocycles. The van der Waals surface area contributed by atoms with E-state index in [4.69, 9.17) is 5.73 Å². The van der Waals surface area contributed by atoms with Gasteiger partial charge < -0.3 is 5.73 Å². The van der Waals surface area contributed by atoms with Crippen LogP contribution in [-0.4, -0.2) is 6.54 Å². The summed E-state index contributed by atoms with van der Waals surface area (Å²) in [6.07, 6.45) is 2.44. The predicted molar refractivity (Wildman–Crippen MR) is 65.3 cm³/mol. The molecule has 0 aliphatic rings. The van der Waals surface area contributed by atoms with Gasteiger partial charge in [0.1, 0.15) is 5.82 Å². The van der Waals surface area contributed by atoms with E-state index in [0.717, 1.165) is 4.47 Å². The molecule has 0 bridgehead atoms. The Hall–Kier alpha value is -0.670. The molecule has 1 nitrogen and oxygen atoms in total. The molecule has 1 atom stereocenters. The highest BCUT2D eigenvalue weighted by Crippen LogP contribution is 2.30. The molecular weight excluding hydrogens is 257 g/mol. The summed E-state index contributed by atoms with van der Waals surface area (Å²) in [5.74, 6) is -0.223. The van der Waals surface area contributed by atoms with Crippen molar-refractivity contribution in [3.05, 3.63) is 46.7 Å². The lowest BCUT2D eigenvalue weighted by Gasteiger charge is -2.27. The van der Waals surface area contributed by atoms with E-state index in [0.29, 0.717) is 18.5 Å². The number of hydrogen-bond donors (Lipinski definition) is 1. The first kappa shape index (κ1) is 12.4. The molecule has 0 radical (unpaired) electrons. The molecule has 82 valence electrons. The molecular formula is C12H15BrFN. The zero-order valence-corrected chi connectivity index (χ0v) is 10.3. The molecule has 0 saturated carbocycles. The minimum absolute atomic E-state index is 0.223. The average Bonchev–Trinajstić information content (AvgIpc) is 2.17. The van der Waals surface area contributed by atoms with Gasteiger partial charge in [-0.2, -0.15) is 0 Å². The molecule has 0 spiro atoms. The molecule has 1 aromatic carbocycles. The summed E-state index contributed by atoms with van der Waals surface area (Å²) in [5, 5.41) is 0. The topological polar surface area (TPSA) is 26.0 Å². The standard InChI is InChI=1S/C12H15BrFN/c1-3-6-12(2,8-15)10-5-4-9(13)7-11(10)14/h3-5,7H,1,6,8,15H2,2H3. The second-order valence-electron chi connectivity index (χ2n) is 3.88. The Morgan fingerprint density at radius 1 is 1.60 bits per heavy atom. The summed E-state index contributed by atoms with van der Waals surface area (Å²) in [7, 11) is 0. The van der Waals surface area contributed by atoms with Crippen LogP contribution < -0.4 is 5.73 Å². The van der Waals surface area contributed by atoms with Gasteiger partial charge in [0.2, 0.25) is 0 Å². The summed E-state index contributed by atoms with van der Waals surface area (Å²) in [6.45, 7) is 6.02. The van der Waals surface area contributed by atoms with Gasteiger partial charge in [-0.1, -0.05) is 35.0 Å². The van der Waals surface area contributed by atoms with Gasteiger partial charge >= 0.3 is 0 Å². The molecule has 2 N–H and O–H groups in total. The predicted octanol–water partition coefficient (Wildman–Crippen LogP) is 3.38. The zero-order chi connectivity index (χ0) is 11.5. The molecule has 0 saturated heterocycles. The van der Waals surface area contributed by atoms with Crippen LogP contribution in [0.1, 0.15) is 18.9 Å². The van der Waals surface area contributed by atoms with Crippen LogP contribution in [0, 0.1) is 5.82 Å². The first-order valence-corrected chi connectivity index (χ1v) is 5.59. The third-order valence-corrected chi connectivity index (χ3v) is 3.12. The molecule has 0 fully saturated rings. The number of halogens is 2. The Balaban J connectivity index is 3.17. The van der Waals surface area contributed by atoms with Crippen molar-refractivity contribution in [2.45, 2.75) is 18.8 Å². The second kappa shape index (κ2) is 4.90. The minimum atomic E-state index is -0.369. The van der Waals surface area contributed by atoms with Crippen LogP contribution in [0.2, 0.25) is 0 Å². The van der Waals surface area contributed by atoms with Crippen molar-refractivity contribution < 1.29 is 4.39 Å². The molecule has 3 heteroatoms. The largest absolute Gasteiger partial charge is 0.330 e. The van der Waals surface area contributed by atoms with Gasteiger partial charge in [-0.05, 0) is 24.1 Å². The van der Waals surface area contributed by atoms with Crippen LogP contribution in [0.25, 0.3) is 0 Å². The fourth-order valence-electron chi connectivity index (χ4n) is 1.60. The number of allylic oxidation sites excluding steroid dienone is 1. The van der Waals surface area contributed by atoms with E-state index in [1.807, 2.05) is 13.0 Å². The van der Waals surface area contributed by atoms with Crippen molar-refractivity contribution in [2.75, 3.05) is 6.54 Å². The first-order chi connectivity index (χ1) is 7.03. The third kappa shape index (κ3) is 2.67. The van der Waals surface area contributed by atoms with Crippen molar-refractivity contribution in [3.63, 3.8) is 0 Å².